The van der Waals surface area contributed by atoms with Crippen molar-refractivity contribution in [3.05, 3.63) is 30.6 Å². The smallest absolute Gasteiger partial charge is 0.229 e. The first-order chi connectivity index (χ1) is 9.15. The predicted molar refractivity (Wildman–Crippen MR) is 76.1 cm³/mol. The Kier molecular flexibility index (Phi) is 3.10. The summed E-state index contributed by atoms with van der Waals surface area (Å²) in [6.45, 7) is 0.685. The van der Waals surface area contributed by atoms with Gasteiger partial charge in [0, 0.05) is 48.9 Å². The molecule has 0 N–H and O–H groups in total. The first-order valence-corrected chi connectivity index (χ1v) is 6.95. The number of hydrogen-bond acceptors (Lipinski definition) is 3. The van der Waals surface area contributed by atoms with E-state index in [1.165, 1.54) is 0 Å². The number of hydrogen-bond donors (Lipinski definition) is 0. The second-order valence-electron chi connectivity index (χ2n) is 4.56. The molecule has 0 radical (unpaired) electrons. The van der Waals surface area contributed by atoms with Crippen molar-refractivity contribution in [3.8, 4) is 11.3 Å². The van der Waals surface area contributed by atoms with Crippen molar-refractivity contribution in [2.24, 2.45) is 7.05 Å². The summed E-state index contributed by atoms with van der Waals surface area (Å²) in [6.07, 6.45) is 4.03. The van der Waals surface area contributed by atoms with E-state index in [0.29, 0.717) is 13.0 Å². The molecular formula is C13H13BrN4O. The fraction of sp³-hybridized carbons (Fsp3) is 0.308. The maximum Gasteiger partial charge on any atom is 0.229 e. The first kappa shape index (κ1) is 12.3. The van der Waals surface area contributed by atoms with Crippen LogP contribution in [0.25, 0.3) is 11.3 Å². The normalized spacial score (nSPS) is 19.2. The zero-order valence-electron chi connectivity index (χ0n) is 10.5. The number of nitrogens with zero attached hydrogens (tertiary/aromatic N) is 4. The van der Waals surface area contributed by atoms with E-state index in [9.17, 15) is 4.79 Å². The van der Waals surface area contributed by atoms with Crippen LogP contribution < -0.4 is 4.90 Å². The van der Waals surface area contributed by atoms with Gasteiger partial charge in [-0.1, -0.05) is 15.9 Å². The third kappa shape index (κ3) is 2.28. The SMILES string of the molecule is Cn1nc(-c2cccnc2)cc1N1CC(Br)CC1=O. The molecule has 1 amide bonds. The van der Waals surface area contributed by atoms with Crippen LogP contribution in [0.3, 0.4) is 0 Å². The Bertz CT molecular complexity index is 610. The third-order valence-electron chi connectivity index (χ3n) is 3.17. The summed E-state index contributed by atoms with van der Waals surface area (Å²) in [7, 11) is 1.85. The lowest BCUT2D eigenvalue weighted by molar-refractivity contribution is -0.117. The number of rotatable bonds is 2. The van der Waals surface area contributed by atoms with Gasteiger partial charge in [0.1, 0.15) is 5.82 Å². The zero-order chi connectivity index (χ0) is 13.4. The average Bonchev–Trinajstić information content (AvgIpc) is 2.93. The molecule has 0 aromatic carbocycles. The molecular weight excluding hydrogens is 308 g/mol. The van der Waals surface area contributed by atoms with E-state index >= 15 is 0 Å². The molecule has 1 aliphatic rings. The van der Waals surface area contributed by atoms with Crippen LogP contribution in [0.5, 0.6) is 0 Å². The van der Waals surface area contributed by atoms with Gasteiger partial charge in [0.2, 0.25) is 5.91 Å². The molecule has 1 unspecified atom stereocenters. The lowest BCUT2D eigenvalue weighted by Gasteiger charge is -2.14. The van der Waals surface area contributed by atoms with Gasteiger partial charge in [0.15, 0.2) is 0 Å². The van der Waals surface area contributed by atoms with E-state index in [2.05, 4.69) is 26.0 Å². The minimum Gasteiger partial charge on any atom is -0.296 e. The molecule has 3 heterocycles. The second-order valence-corrected chi connectivity index (χ2v) is 5.85. The molecule has 0 bridgehead atoms. The van der Waals surface area contributed by atoms with E-state index in [1.54, 1.807) is 22.0 Å². The van der Waals surface area contributed by atoms with Crippen LogP contribution in [0.15, 0.2) is 30.6 Å². The Morgan fingerprint density at radius 2 is 2.32 bits per heavy atom. The predicted octanol–water partition coefficient (Wildman–Crippen LogP) is 1.98. The Morgan fingerprint density at radius 3 is 2.95 bits per heavy atom. The van der Waals surface area contributed by atoms with Gasteiger partial charge in [0.05, 0.1) is 5.69 Å². The molecule has 5 nitrogen and oxygen atoms in total. The number of pyridine rings is 1. The van der Waals surface area contributed by atoms with Crippen LogP contribution in [0.1, 0.15) is 6.42 Å². The lowest BCUT2D eigenvalue weighted by atomic mass is 10.2. The molecule has 2 aromatic rings. The number of alkyl halides is 1. The summed E-state index contributed by atoms with van der Waals surface area (Å²) in [5.41, 5.74) is 1.78. The Balaban J connectivity index is 1.96. The van der Waals surface area contributed by atoms with Crippen molar-refractivity contribution in [3.63, 3.8) is 0 Å². The van der Waals surface area contributed by atoms with Gasteiger partial charge in [-0.25, -0.2) is 0 Å². The summed E-state index contributed by atoms with van der Waals surface area (Å²) in [5.74, 6) is 0.952. The van der Waals surface area contributed by atoms with Crippen LogP contribution in [0.4, 0.5) is 5.82 Å². The number of carbonyl (C=O) groups is 1. The summed E-state index contributed by atoms with van der Waals surface area (Å²) < 4.78 is 1.74. The summed E-state index contributed by atoms with van der Waals surface area (Å²) >= 11 is 3.49. The summed E-state index contributed by atoms with van der Waals surface area (Å²) in [4.78, 5) is 18.0. The molecule has 98 valence electrons. The molecule has 3 rings (SSSR count). The standard InChI is InChI=1S/C13H13BrN4O/c1-17-12(18-8-10(14)5-13(18)19)6-11(16-17)9-3-2-4-15-7-9/h2-4,6-7,10H,5,8H2,1H3. The molecule has 1 saturated heterocycles. The Hall–Kier alpha value is -1.69. The quantitative estimate of drug-likeness (QED) is 0.795. The van der Waals surface area contributed by atoms with Crippen LogP contribution in [0, 0.1) is 0 Å². The van der Waals surface area contributed by atoms with E-state index in [0.717, 1.165) is 17.1 Å². The number of aryl methyl sites for hydroxylation is 1. The number of amides is 1. The molecule has 0 aliphatic carbocycles. The van der Waals surface area contributed by atoms with Crippen molar-refractivity contribution in [2.75, 3.05) is 11.4 Å². The minimum absolute atomic E-state index is 0.127. The Labute approximate surface area is 119 Å². The fourth-order valence-electron chi connectivity index (χ4n) is 2.25. The molecule has 0 saturated carbocycles. The zero-order valence-corrected chi connectivity index (χ0v) is 12.0. The average molecular weight is 321 g/mol. The van der Waals surface area contributed by atoms with Gasteiger partial charge < -0.3 is 0 Å². The fourth-order valence-corrected chi connectivity index (χ4v) is 2.82. The minimum atomic E-state index is 0.127. The largest absolute Gasteiger partial charge is 0.296 e. The number of aromatic nitrogens is 3. The number of anilines is 1. The lowest BCUT2D eigenvalue weighted by Crippen LogP contribution is -2.26. The number of halogens is 1. The molecule has 1 atom stereocenters. The van der Waals surface area contributed by atoms with Crippen molar-refractivity contribution in [1.82, 2.24) is 14.8 Å². The van der Waals surface area contributed by atoms with Gasteiger partial charge in [-0.2, -0.15) is 5.10 Å². The van der Waals surface area contributed by atoms with Crippen LogP contribution >= 0.6 is 15.9 Å². The highest BCUT2D eigenvalue weighted by Gasteiger charge is 2.30. The first-order valence-electron chi connectivity index (χ1n) is 6.04. The van der Waals surface area contributed by atoms with Crippen molar-refractivity contribution in [2.45, 2.75) is 11.2 Å². The van der Waals surface area contributed by atoms with Crippen LogP contribution in [0.2, 0.25) is 0 Å². The highest BCUT2D eigenvalue weighted by atomic mass is 79.9. The maximum absolute atomic E-state index is 11.9. The second kappa shape index (κ2) is 4.77. The monoisotopic (exact) mass is 320 g/mol. The van der Waals surface area contributed by atoms with Gasteiger partial charge >= 0.3 is 0 Å². The van der Waals surface area contributed by atoms with E-state index in [1.807, 2.05) is 25.2 Å². The van der Waals surface area contributed by atoms with Crippen molar-refractivity contribution >= 4 is 27.7 Å². The summed E-state index contributed by atoms with van der Waals surface area (Å²) in [5, 5.41) is 4.45. The van der Waals surface area contributed by atoms with Gasteiger partial charge in [0.25, 0.3) is 0 Å². The van der Waals surface area contributed by atoms with E-state index < -0.39 is 0 Å². The van der Waals surface area contributed by atoms with Crippen LogP contribution in [-0.4, -0.2) is 32.0 Å². The van der Waals surface area contributed by atoms with E-state index in [4.69, 9.17) is 0 Å². The summed E-state index contributed by atoms with van der Waals surface area (Å²) in [6, 6.07) is 5.76. The molecule has 0 spiro atoms. The topological polar surface area (TPSA) is 51.0 Å². The number of carbonyl (C=O) groups excluding carboxylic acids is 1. The van der Waals surface area contributed by atoms with Gasteiger partial charge in [-0.15, -0.1) is 0 Å². The molecule has 19 heavy (non-hydrogen) atoms. The van der Waals surface area contributed by atoms with Gasteiger partial charge in [-0.3, -0.25) is 19.4 Å². The van der Waals surface area contributed by atoms with Crippen molar-refractivity contribution in [1.29, 1.82) is 0 Å². The third-order valence-corrected chi connectivity index (χ3v) is 3.78. The van der Waals surface area contributed by atoms with Crippen LogP contribution in [-0.2, 0) is 11.8 Å². The molecule has 2 aromatic heterocycles. The maximum atomic E-state index is 11.9. The molecule has 1 fully saturated rings. The molecule has 1 aliphatic heterocycles. The van der Waals surface area contributed by atoms with Gasteiger partial charge in [-0.05, 0) is 12.1 Å². The molecule has 6 heteroatoms. The highest BCUT2D eigenvalue weighted by molar-refractivity contribution is 9.09. The highest BCUT2D eigenvalue weighted by Crippen LogP contribution is 2.28. The Morgan fingerprint density at radius 1 is 1.47 bits per heavy atom. The van der Waals surface area contributed by atoms with E-state index in [-0.39, 0.29) is 10.7 Å². The van der Waals surface area contributed by atoms with Crippen molar-refractivity contribution < 1.29 is 4.79 Å².